The first kappa shape index (κ1) is 10.3. The standard InChI is InChI=1S/C16H15N/c1-11-13-7-3-2-6-12(13)10-16(17)15-9-5-4-8-14(11)15/h2-9,16H,1,10,17H2. The van der Waals surface area contributed by atoms with E-state index in [9.17, 15) is 0 Å². The fourth-order valence-electron chi connectivity index (χ4n) is 2.58. The van der Waals surface area contributed by atoms with E-state index in [1.54, 1.807) is 0 Å². The van der Waals surface area contributed by atoms with Crippen LogP contribution in [0, 0.1) is 0 Å². The van der Waals surface area contributed by atoms with Crippen molar-refractivity contribution < 1.29 is 0 Å². The minimum atomic E-state index is 0.0617. The van der Waals surface area contributed by atoms with E-state index in [2.05, 4.69) is 43.0 Å². The fraction of sp³-hybridized carbons (Fsp3) is 0.125. The lowest BCUT2D eigenvalue weighted by Crippen LogP contribution is -2.13. The maximum Gasteiger partial charge on any atom is 0.0342 e. The molecule has 84 valence electrons. The molecule has 2 N–H and O–H groups in total. The molecule has 1 unspecified atom stereocenters. The molecule has 1 nitrogen and oxygen atoms in total. The number of benzene rings is 2. The van der Waals surface area contributed by atoms with E-state index >= 15 is 0 Å². The zero-order valence-electron chi connectivity index (χ0n) is 9.69. The third kappa shape index (κ3) is 1.60. The summed E-state index contributed by atoms with van der Waals surface area (Å²) in [5.74, 6) is 0. The third-order valence-electron chi connectivity index (χ3n) is 3.47. The summed E-state index contributed by atoms with van der Waals surface area (Å²) in [6.45, 7) is 4.24. The zero-order chi connectivity index (χ0) is 11.8. The summed E-state index contributed by atoms with van der Waals surface area (Å²) < 4.78 is 0. The lowest BCUT2D eigenvalue weighted by Gasteiger charge is -2.12. The van der Waals surface area contributed by atoms with Crippen LogP contribution in [0.25, 0.3) is 5.57 Å². The molecule has 17 heavy (non-hydrogen) atoms. The molecule has 0 spiro atoms. The molecule has 0 aromatic heterocycles. The molecule has 1 aliphatic carbocycles. The van der Waals surface area contributed by atoms with Crippen molar-refractivity contribution in [1.82, 2.24) is 0 Å². The van der Waals surface area contributed by atoms with E-state index in [-0.39, 0.29) is 6.04 Å². The lowest BCUT2D eigenvalue weighted by molar-refractivity contribution is 0.724. The van der Waals surface area contributed by atoms with Gasteiger partial charge in [0.05, 0.1) is 0 Å². The van der Waals surface area contributed by atoms with Gasteiger partial charge in [0.1, 0.15) is 0 Å². The van der Waals surface area contributed by atoms with Crippen LogP contribution in [-0.2, 0) is 6.42 Å². The quantitative estimate of drug-likeness (QED) is 0.725. The second-order valence-corrected chi connectivity index (χ2v) is 4.53. The summed E-state index contributed by atoms with van der Waals surface area (Å²) in [5, 5.41) is 0. The van der Waals surface area contributed by atoms with Gasteiger partial charge in [0.2, 0.25) is 0 Å². The van der Waals surface area contributed by atoms with Crippen LogP contribution in [0.2, 0.25) is 0 Å². The van der Waals surface area contributed by atoms with Crippen molar-refractivity contribution in [3.05, 3.63) is 77.4 Å². The number of nitrogens with two attached hydrogens (primary N) is 1. The van der Waals surface area contributed by atoms with Crippen molar-refractivity contribution in [2.45, 2.75) is 12.5 Å². The molecule has 1 heteroatoms. The molecule has 0 saturated heterocycles. The Balaban J connectivity index is 2.26. The number of hydrogen-bond donors (Lipinski definition) is 1. The van der Waals surface area contributed by atoms with Gasteiger partial charge < -0.3 is 5.73 Å². The summed E-state index contributed by atoms with van der Waals surface area (Å²) in [5.41, 5.74) is 12.3. The summed E-state index contributed by atoms with van der Waals surface area (Å²) in [4.78, 5) is 0. The lowest BCUT2D eigenvalue weighted by atomic mass is 9.95. The molecule has 0 amide bonds. The van der Waals surface area contributed by atoms with Gasteiger partial charge in [-0.05, 0) is 34.2 Å². The van der Waals surface area contributed by atoms with Gasteiger partial charge in [-0.2, -0.15) is 0 Å². The average molecular weight is 221 g/mol. The Bertz CT molecular complexity index is 584. The minimum absolute atomic E-state index is 0.0617. The van der Waals surface area contributed by atoms with Gasteiger partial charge in [0.25, 0.3) is 0 Å². The molecule has 2 aromatic carbocycles. The van der Waals surface area contributed by atoms with Crippen molar-refractivity contribution >= 4 is 5.57 Å². The van der Waals surface area contributed by atoms with Gasteiger partial charge in [0.15, 0.2) is 0 Å². The van der Waals surface area contributed by atoms with Gasteiger partial charge in [-0.25, -0.2) is 0 Å². The second-order valence-electron chi connectivity index (χ2n) is 4.53. The summed E-state index contributed by atoms with van der Waals surface area (Å²) in [6, 6.07) is 16.8. The van der Waals surface area contributed by atoms with Crippen LogP contribution in [0.15, 0.2) is 55.1 Å². The summed E-state index contributed by atoms with van der Waals surface area (Å²) >= 11 is 0. The predicted octanol–water partition coefficient (Wildman–Crippen LogP) is 3.30. The van der Waals surface area contributed by atoms with Gasteiger partial charge in [-0.1, -0.05) is 55.1 Å². The molecule has 1 atom stereocenters. The van der Waals surface area contributed by atoms with Crippen LogP contribution in [0.5, 0.6) is 0 Å². The van der Waals surface area contributed by atoms with Crippen molar-refractivity contribution in [2.24, 2.45) is 5.73 Å². The van der Waals surface area contributed by atoms with Gasteiger partial charge in [0, 0.05) is 6.04 Å². The molecule has 1 aliphatic rings. The summed E-state index contributed by atoms with van der Waals surface area (Å²) in [6.07, 6.45) is 0.881. The van der Waals surface area contributed by atoms with E-state index in [0.717, 1.165) is 12.0 Å². The first-order valence-electron chi connectivity index (χ1n) is 5.89. The maximum atomic E-state index is 6.28. The smallest absolute Gasteiger partial charge is 0.0342 e. The highest BCUT2D eigenvalue weighted by molar-refractivity contribution is 5.82. The Morgan fingerprint density at radius 1 is 0.941 bits per heavy atom. The molecule has 0 fully saturated rings. The third-order valence-corrected chi connectivity index (χ3v) is 3.47. The molecule has 0 saturated carbocycles. The van der Waals surface area contributed by atoms with Gasteiger partial charge in [-0.15, -0.1) is 0 Å². The van der Waals surface area contributed by atoms with Crippen LogP contribution < -0.4 is 5.73 Å². The van der Waals surface area contributed by atoms with Crippen LogP contribution >= 0.6 is 0 Å². The monoisotopic (exact) mass is 221 g/mol. The fourth-order valence-corrected chi connectivity index (χ4v) is 2.58. The molecule has 0 aliphatic heterocycles. The molecule has 0 radical (unpaired) electrons. The molecule has 3 rings (SSSR count). The van der Waals surface area contributed by atoms with E-state index in [1.165, 1.54) is 22.3 Å². The highest BCUT2D eigenvalue weighted by Gasteiger charge is 2.20. The first-order chi connectivity index (χ1) is 8.27. The Morgan fingerprint density at radius 3 is 2.41 bits per heavy atom. The van der Waals surface area contributed by atoms with Gasteiger partial charge in [-0.3, -0.25) is 0 Å². The van der Waals surface area contributed by atoms with E-state index in [0.29, 0.717) is 0 Å². The topological polar surface area (TPSA) is 26.0 Å². The normalized spacial score (nSPS) is 18.2. The number of hydrogen-bond acceptors (Lipinski definition) is 1. The van der Waals surface area contributed by atoms with E-state index in [4.69, 9.17) is 5.73 Å². The number of rotatable bonds is 0. The summed E-state index contributed by atoms with van der Waals surface area (Å²) in [7, 11) is 0. The van der Waals surface area contributed by atoms with Crippen LogP contribution in [0.4, 0.5) is 0 Å². The highest BCUT2D eigenvalue weighted by Crippen LogP contribution is 2.35. The Labute approximate surface area is 102 Å². The van der Waals surface area contributed by atoms with Crippen LogP contribution in [-0.4, -0.2) is 0 Å². The molecule has 0 heterocycles. The average Bonchev–Trinajstić information content (AvgIpc) is 2.48. The van der Waals surface area contributed by atoms with Crippen molar-refractivity contribution in [2.75, 3.05) is 0 Å². The van der Waals surface area contributed by atoms with Crippen molar-refractivity contribution in [3.63, 3.8) is 0 Å². The second kappa shape index (κ2) is 3.86. The highest BCUT2D eigenvalue weighted by atomic mass is 14.6. The first-order valence-corrected chi connectivity index (χ1v) is 5.89. The Kier molecular flexibility index (Phi) is 2.34. The zero-order valence-corrected chi connectivity index (χ0v) is 9.69. The molecule has 0 bridgehead atoms. The van der Waals surface area contributed by atoms with E-state index in [1.807, 2.05) is 12.1 Å². The SMILES string of the molecule is C=C1c2ccccc2CC(N)c2ccccc21. The van der Waals surface area contributed by atoms with Crippen molar-refractivity contribution in [3.8, 4) is 0 Å². The number of fused-ring (bicyclic) bond motifs is 2. The molecular formula is C16H15N. The molecular weight excluding hydrogens is 206 g/mol. The largest absolute Gasteiger partial charge is 0.324 e. The van der Waals surface area contributed by atoms with Crippen LogP contribution in [0.3, 0.4) is 0 Å². The van der Waals surface area contributed by atoms with Crippen LogP contribution in [0.1, 0.15) is 28.3 Å². The Hall–Kier alpha value is -1.86. The maximum absolute atomic E-state index is 6.28. The van der Waals surface area contributed by atoms with E-state index < -0.39 is 0 Å². The molecule has 2 aromatic rings. The predicted molar refractivity (Wildman–Crippen MR) is 71.7 cm³/mol. The minimum Gasteiger partial charge on any atom is -0.324 e. The van der Waals surface area contributed by atoms with Crippen molar-refractivity contribution in [1.29, 1.82) is 0 Å². The van der Waals surface area contributed by atoms with Gasteiger partial charge >= 0.3 is 0 Å². The Morgan fingerprint density at radius 2 is 1.59 bits per heavy atom.